The standard InChI is InChI=1S/C17H18BrNO6S/c1-4-25-17(21)12-14(20)10-7-8-11(18)15(24-2)13(10)19(9-5-6-9)16(12)26(3,22)23/h7-9H,4-6H2,1-3H3. The van der Waals surface area contributed by atoms with E-state index in [-0.39, 0.29) is 23.1 Å². The summed E-state index contributed by atoms with van der Waals surface area (Å²) in [6.45, 7) is 1.63. The van der Waals surface area contributed by atoms with Crippen molar-refractivity contribution in [3.63, 3.8) is 0 Å². The molecule has 0 bridgehead atoms. The molecule has 1 aromatic carbocycles. The molecule has 1 heterocycles. The van der Waals surface area contributed by atoms with E-state index in [4.69, 9.17) is 9.47 Å². The van der Waals surface area contributed by atoms with Crippen LogP contribution in [0.3, 0.4) is 0 Å². The molecule has 3 rings (SSSR count). The second kappa shape index (κ2) is 6.70. The number of carbonyl (C=O) groups is 1. The number of fused-ring (bicyclic) bond motifs is 1. The van der Waals surface area contributed by atoms with Gasteiger partial charge < -0.3 is 14.0 Å². The van der Waals surface area contributed by atoms with E-state index in [1.807, 2.05) is 0 Å². The first kappa shape index (κ1) is 18.9. The summed E-state index contributed by atoms with van der Waals surface area (Å²) in [6, 6.07) is 3.06. The third kappa shape index (κ3) is 3.03. The van der Waals surface area contributed by atoms with Crippen LogP contribution < -0.4 is 10.2 Å². The van der Waals surface area contributed by atoms with Crippen LogP contribution in [0.1, 0.15) is 36.2 Å². The molecule has 2 aromatic rings. The van der Waals surface area contributed by atoms with E-state index in [0.29, 0.717) is 15.7 Å². The molecule has 0 radical (unpaired) electrons. The van der Waals surface area contributed by atoms with Gasteiger partial charge in [0.05, 0.1) is 29.1 Å². The molecular formula is C17H18BrNO6S. The molecule has 1 aliphatic carbocycles. The zero-order chi connectivity index (χ0) is 19.2. The van der Waals surface area contributed by atoms with Crippen molar-refractivity contribution in [2.45, 2.75) is 30.8 Å². The van der Waals surface area contributed by atoms with Gasteiger partial charge in [-0.05, 0) is 47.8 Å². The Labute approximate surface area is 158 Å². The number of carbonyl (C=O) groups excluding carboxylic acids is 1. The number of aromatic nitrogens is 1. The van der Waals surface area contributed by atoms with Crippen LogP contribution in [0.4, 0.5) is 0 Å². The van der Waals surface area contributed by atoms with Crippen molar-refractivity contribution < 1.29 is 22.7 Å². The molecule has 0 unspecified atom stereocenters. The van der Waals surface area contributed by atoms with E-state index in [1.165, 1.54) is 7.11 Å². The van der Waals surface area contributed by atoms with Crippen LogP contribution in [-0.2, 0) is 14.6 Å². The van der Waals surface area contributed by atoms with Crippen LogP contribution in [-0.4, -0.2) is 38.9 Å². The second-order valence-corrected chi connectivity index (χ2v) is 8.87. The number of hydrogen-bond donors (Lipinski definition) is 0. The number of methoxy groups -OCH3 is 1. The molecule has 1 aromatic heterocycles. The van der Waals surface area contributed by atoms with Crippen LogP contribution >= 0.6 is 15.9 Å². The molecule has 0 spiro atoms. The number of sulfone groups is 1. The summed E-state index contributed by atoms with van der Waals surface area (Å²) < 4.78 is 37.7. The van der Waals surface area contributed by atoms with Gasteiger partial charge in [-0.3, -0.25) is 4.79 Å². The Kier molecular flexibility index (Phi) is 4.87. The van der Waals surface area contributed by atoms with Gasteiger partial charge in [-0.1, -0.05) is 0 Å². The third-order valence-electron chi connectivity index (χ3n) is 4.18. The van der Waals surface area contributed by atoms with Gasteiger partial charge in [-0.25, -0.2) is 13.2 Å². The number of nitrogens with zero attached hydrogens (tertiary/aromatic N) is 1. The van der Waals surface area contributed by atoms with Gasteiger partial charge in [0.2, 0.25) is 5.43 Å². The molecule has 1 fully saturated rings. The SMILES string of the molecule is CCOC(=O)c1c(S(C)(=O)=O)n(C2CC2)c2c(OC)c(Br)ccc2c1=O. The average molecular weight is 444 g/mol. The van der Waals surface area contributed by atoms with Crippen molar-refractivity contribution in [2.24, 2.45) is 0 Å². The molecule has 9 heteroatoms. The monoisotopic (exact) mass is 443 g/mol. The topological polar surface area (TPSA) is 91.7 Å². The minimum atomic E-state index is -3.89. The molecule has 26 heavy (non-hydrogen) atoms. The number of hydrogen-bond acceptors (Lipinski definition) is 6. The molecular weight excluding hydrogens is 426 g/mol. The fourth-order valence-corrected chi connectivity index (χ4v) is 4.67. The summed E-state index contributed by atoms with van der Waals surface area (Å²) >= 11 is 3.37. The van der Waals surface area contributed by atoms with Gasteiger partial charge in [-0.2, -0.15) is 0 Å². The van der Waals surface area contributed by atoms with Crippen LogP contribution in [0.25, 0.3) is 10.9 Å². The second-order valence-electron chi connectivity index (χ2n) is 6.08. The summed E-state index contributed by atoms with van der Waals surface area (Å²) in [7, 11) is -2.45. The Balaban J connectivity index is 2.61. The van der Waals surface area contributed by atoms with E-state index >= 15 is 0 Å². The lowest BCUT2D eigenvalue weighted by atomic mass is 10.1. The zero-order valence-electron chi connectivity index (χ0n) is 14.5. The predicted octanol–water partition coefficient (Wildman–Crippen LogP) is 2.69. The van der Waals surface area contributed by atoms with E-state index in [1.54, 1.807) is 23.6 Å². The summed E-state index contributed by atoms with van der Waals surface area (Å²) in [5.41, 5.74) is -0.762. The van der Waals surface area contributed by atoms with Gasteiger partial charge in [0.1, 0.15) is 5.56 Å². The Morgan fingerprint density at radius 2 is 2.00 bits per heavy atom. The Hall–Kier alpha value is -1.87. The number of esters is 1. The summed E-state index contributed by atoms with van der Waals surface area (Å²) in [4.78, 5) is 25.5. The van der Waals surface area contributed by atoms with Crippen molar-refractivity contribution >= 4 is 42.6 Å². The van der Waals surface area contributed by atoms with E-state index < -0.39 is 26.8 Å². The first-order chi connectivity index (χ1) is 12.2. The third-order valence-corrected chi connectivity index (χ3v) is 5.90. The van der Waals surface area contributed by atoms with E-state index in [0.717, 1.165) is 19.1 Å². The van der Waals surface area contributed by atoms with Gasteiger partial charge in [0.15, 0.2) is 20.6 Å². The molecule has 0 aliphatic heterocycles. The highest BCUT2D eigenvalue weighted by atomic mass is 79.9. The first-order valence-electron chi connectivity index (χ1n) is 8.04. The fourth-order valence-electron chi connectivity index (χ4n) is 3.05. The number of rotatable bonds is 5. The number of ether oxygens (including phenoxy) is 2. The lowest BCUT2D eigenvalue weighted by Crippen LogP contribution is -2.27. The predicted molar refractivity (Wildman–Crippen MR) is 99.8 cm³/mol. The molecule has 0 saturated heterocycles. The highest BCUT2D eigenvalue weighted by molar-refractivity contribution is 9.10. The van der Waals surface area contributed by atoms with Gasteiger partial charge >= 0.3 is 5.97 Å². The molecule has 0 N–H and O–H groups in total. The van der Waals surface area contributed by atoms with Gasteiger partial charge in [0.25, 0.3) is 0 Å². The van der Waals surface area contributed by atoms with Gasteiger partial charge in [0, 0.05) is 12.3 Å². The maximum absolute atomic E-state index is 13.0. The van der Waals surface area contributed by atoms with Crippen molar-refractivity contribution in [3.05, 3.63) is 32.4 Å². The number of halogens is 1. The fraction of sp³-hybridized carbons (Fsp3) is 0.412. The largest absolute Gasteiger partial charge is 0.493 e. The average Bonchev–Trinajstić information content (AvgIpc) is 3.38. The molecule has 1 aliphatic rings. The quantitative estimate of drug-likeness (QED) is 0.659. The maximum atomic E-state index is 13.0. The summed E-state index contributed by atoms with van der Waals surface area (Å²) in [6.07, 6.45) is 2.48. The minimum Gasteiger partial charge on any atom is -0.493 e. The van der Waals surface area contributed by atoms with Crippen molar-refractivity contribution in [3.8, 4) is 5.75 Å². The van der Waals surface area contributed by atoms with Crippen LogP contribution in [0.15, 0.2) is 26.4 Å². The number of benzene rings is 1. The Morgan fingerprint density at radius 1 is 1.35 bits per heavy atom. The zero-order valence-corrected chi connectivity index (χ0v) is 16.9. The van der Waals surface area contributed by atoms with Crippen molar-refractivity contribution in [2.75, 3.05) is 20.0 Å². The Morgan fingerprint density at radius 3 is 2.50 bits per heavy atom. The first-order valence-corrected chi connectivity index (χ1v) is 10.7. The maximum Gasteiger partial charge on any atom is 0.345 e. The summed E-state index contributed by atoms with van der Waals surface area (Å²) in [5, 5.41) is -0.0975. The van der Waals surface area contributed by atoms with E-state index in [9.17, 15) is 18.0 Å². The van der Waals surface area contributed by atoms with Crippen LogP contribution in [0.5, 0.6) is 5.75 Å². The lowest BCUT2D eigenvalue weighted by Gasteiger charge is -2.20. The number of pyridine rings is 1. The molecule has 0 atom stereocenters. The highest BCUT2D eigenvalue weighted by Crippen LogP contribution is 2.43. The van der Waals surface area contributed by atoms with E-state index in [2.05, 4.69) is 15.9 Å². The highest BCUT2D eigenvalue weighted by Gasteiger charge is 2.36. The van der Waals surface area contributed by atoms with Gasteiger partial charge in [-0.15, -0.1) is 0 Å². The molecule has 1 saturated carbocycles. The normalized spacial score (nSPS) is 14.5. The lowest BCUT2D eigenvalue weighted by molar-refractivity contribution is 0.0518. The molecule has 140 valence electrons. The molecule has 0 amide bonds. The van der Waals surface area contributed by atoms with Crippen LogP contribution in [0.2, 0.25) is 0 Å². The smallest absolute Gasteiger partial charge is 0.345 e. The Bertz CT molecular complexity index is 1070. The van der Waals surface area contributed by atoms with Crippen molar-refractivity contribution in [1.29, 1.82) is 0 Å². The van der Waals surface area contributed by atoms with Crippen LogP contribution in [0, 0.1) is 0 Å². The minimum absolute atomic E-state index is 0.0343. The molecule has 7 nitrogen and oxygen atoms in total. The van der Waals surface area contributed by atoms with Crippen molar-refractivity contribution in [1.82, 2.24) is 4.57 Å². The summed E-state index contributed by atoms with van der Waals surface area (Å²) in [5.74, 6) is -0.581.